The van der Waals surface area contributed by atoms with Gasteiger partial charge in [-0.3, -0.25) is 4.79 Å². The van der Waals surface area contributed by atoms with E-state index in [2.05, 4.69) is 10.3 Å². The van der Waals surface area contributed by atoms with E-state index in [9.17, 15) is 4.79 Å². The Kier molecular flexibility index (Phi) is 5.09. The summed E-state index contributed by atoms with van der Waals surface area (Å²) in [6, 6.07) is 7.99. The summed E-state index contributed by atoms with van der Waals surface area (Å²) in [5.74, 6) is 1.09. The van der Waals surface area contributed by atoms with E-state index >= 15 is 0 Å². The topological polar surface area (TPSA) is 57.0 Å². The summed E-state index contributed by atoms with van der Waals surface area (Å²) >= 11 is 0. The molecule has 0 amide bonds. The van der Waals surface area contributed by atoms with Gasteiger partial charge in [-0.25, -0.2) is 4.68 Å². The number of hydrogen-bond acceptors (Lipinski definition) is 4. The minimum absolute atomic E-state index is 0.221. The Morgan fingerprint density at radius 1 is 1.29 bits per heavy atom. The molecule has 5 nitrogen and oxygen atoms in total. The lowest BCUT2D eigenvalue weighted by molar-refractivity contribution is 0.111. The molecule has 0 fully saturated rings. The van der Waals surface area contributed by atoms with E-state index in [0.717, 1.165) is 24.2 Å². The monoisotopic (exact) mass is 287 g/mol. The molecule has 2 aromatic rings. The standard InChI is InChI=1S/C16H21N3O2/c1-12(2)16-15(11-20)17-18-19(16)9-4-10-21-14-7-5-13(3)6-8-14/h5-8,11-12H,4,9-10H2,1-3H3. The van der Waals surface area contributed by atoms with Gasteiger partial charge in [0.1, 0.15) is 11.4 Å². The highest BCUT2D eigenvalue weighted by atomic mass is 16.5. The average Bonchev–Trinajstić information content (AvgIpc) is 2.88. The van der Waals surface area contributed by atoms with Gasteiger partial charge in [-0.1, -0.05) is 36.8 Å². The maximum absolute atomic E-state index is 10.9. The molecule has 21 heavy (non-hydrogen) atoms. The summed E-state index contributed by atoms with van der Waals surface area (Å²) in [4.78, 5) is 10.9. The van der Waals surface area contributed by atoms with Crippen LogP contribution in [0.15, 0.2) is 24.3 Å². The molecule has 0 aliphatic carbocycles. The predicted octanol–water partition coefficient (Wildman–Crippen LogP) is 2.99. The van der Waals surface area contributed by atoms with Crippen LogP contribution in [0.3, 0.4) is 0 Å². The zero-order valence-corrected chi connectivity index (χ0v) is 12.7. The number of hydrogen-bond donors (Lipinski definition) is 0. The molecule has 0 radical (unpaired) electrons. The van der Waals surface area contributed by atoms with Crippen molar-refractivity contribution >= 4 is 6.29 Å². The van der Waals surface area contributed by atoms with Crippen molar-refractivity contribution in [1.29, 1.82) is 0 Å². The first-order valence-electron chi connectivity index (χ1n) is 7.20. The number of aldehydes is 1. The Bertz CT molecular complexity index is 588. The summed E-state index contributed by atoms with van der Waals surface area (Å²) in [5, 5.41) is 7.95. The van der Waals surface area contributed by atoms with Gasteiger partial charge >= 0.3 is 0 Å². The number of ether oxygens (including phenoxy) is 1. The second-order valence-corrected chi connectivity index (χ2v) is 5.37. The van der Waals surface area contributed by atoms with E-state index < -0.39 is 0 Å². The van der Waals surface area contributed by atoms with Crippen molar-refractivity contribution in [3.63, 3.8) is 0 Å². The first kappa shape index (κ1) is 15.2. The number of nitrogens with zero attached hydrogens (tertiary/aromatic N) is 3. The Hall–Kier alpha value is -2.17. The summed E-state index contributed by atoms with van der Waals surface area (Å²) in [7, 11) is 0. The van der Waals surface area contributed by atoms with Gasteiger partial charge in [0.2, 0.25) is 0 Å². The fraction of sp³-hybridized carbons (Fsp3) is 0.438. The highest BCUT2D eigenvalue weighted by Crippen LogP contribution is 2.17. The largest absolute Gasteiger partial charge is 0.494 e. The molecule has 112 valence electrons. The van der Waals surface area contributed by atoms with Gasteiger partial charge in [0, 0.05) is 13.0 Å². The molecule has 1 aromatic carbocycles. The second-order valence-electron chi connectivity index (χ2n) is 5.37. The zero-order chi connectivity index (χ0) is 15.2. The lowest BCUT2D eigenvalue weighted by atomic mass is 10.1. The number of carbonyl (C=O) groups is 1. The first-order valence-corrected chi connectivity index (χ1v) is 7.20. The Balaban J connectivity index is 1.87. The van der Waals surface area contributed by atoms with Gasteiger partial charge in [-0.2, -0.15) is 0 Å². The molecule has 0 saturated carbocycles. The number of carbonyl (C=O) groups excluding carboxylic acids is 1. The van der Waals surface area contributed by atoms with Crippen molar-refractivity contribution in [3.8, 4) is 5.75 Å². The first-order chi connectivity index (χ1) is 10.1. The van der Waals surface area contributed by atoms with Crippen LogP contribution in [0.1, 0.15) is 47.9 Å². The smallest absolute Gasteiger partial charge is 0.172 e. The van der Waals surface area contributed by atoms with Gasteiger partial charge in [-0.05, 0) is 25.0 Å². The van der Waals surface area contributed by atoms with E-state index in [1.807, 2.05) is 45.0 Å². The third-order valence-electron chi connectivity index (χ3n) is 3.26. The molecule has 0 bridgehead atoms. The highest BCUT2D eigenvalue weighted by Gasteiger charge is 2.15. The molecule has 0 N–H and O–H groups in total. The third-order valence-corrected chi connectivity index (χ3v) is 3.26. The Morgan fingerprint density at radius 2 is 2.00 bits per heavy atom. The maximum atomic E-state index is 10.9. The fourth-order valence-corrected chi connectivity index (χ4v) is 2.22. The van der Waals surface area contributed by atoms with E-state index in [1.165, 1.54) is 5.56 Å². The summed E-state index contributed by atoms with van der Waals surface area (Å²) < 4.78 is 7.48. The van der Waals surface area contributed by atoms with Crippen LogP contribution in [0, 0.1) is 6.92 Å². The summed E-state index contributed by atoms with van der Waals surface area (Å²) in [6.07, 6.45) is 1.58. The fourth-order valence-electron chi connectivity index (χ4n) is 2.22. The molecular formula is C16H21N3O2. The molecule has 0 aliphatic rings. The molecule has 0 spiro atoms. The van der Waals surface area contributed by atoms with Crippen molar-refractivity contribution in [1.82, 2.24) is 15.0 Å². The van der Waals surface area contributed by atoms with Gasteiger partial charge < -0.3 is 4.74 Å². The number of aryl methyl sites for hydroxylation is 2. The Morgan fingerprint density at radius 3 is 2.62 bits per heavy atom. The van der Waals surface area contributed by atoms with Crippen molar-refractivity contribution in [3.05, 3.63) is 41.2 Å². The van der Waals surface area contributed by atoms with Crippen LogP contribution < -0.4 is 4.74 Å². The van der Waals surface area contributed by atoms with Crippen molar-refractivity contribution in [2.45, 2.75) is 39.7 Å². The third kappa shape index (κ3) is 3.90. The second kappa shape index (κ2) is 7.02. The number of benzene rings is 1. The van der Waals surface area contributed by atoms with Crippen LogP contribution >= 0.6 is 0 Å². The van der Waals surface area contributed by atoms with Crippen LogP contribution in [-0.4, -0.2) is 27.9 Å². The Labute approximate surface area is 124 Å². The van der Waals surface area contributed by atoms with Gasteiger partial charge in [-0.15, -0.1) is 5.10 Å². The van der Waals surface area contributed by atoms with Crippen molar-refractivity contribution in [2.24, 2.45) is 0 Å². The minimum atomic E-state index is 0.221. The molecule has 2 rings (SSSR count). The van der Waals surface area contributed by atoms with Crippen LogP contribution in [0.25, 0.3) is 0 Å². The summed E-state index contributed by atoms with van der Waals surface area (Å²) in [5.41, 5.74) is 2.54. The highest BCUT2D eigenvalue weighted by molar-refractivity contribution is 5.73. The SMILES string of the molecule is Cc1ccc(OCCCn2nnc(C=O)c2C(C)C)cc1. The average molecular weight is 287 g/mol. The van der Waals surface area contributed by atoms with E-state index in [4.69, 9.17) is 4.74 Å². The number of aromatic nitrogens is 3. The molecule has 1 heterocycles. The molecule has 1 aromatic heterocycles. The molecule has 0 atom stereocenters. The maximum Gasteiger partial charge on any atom is 0.172 e. The van der Waals surface area contributed by atoms with E-state index in [1.54, 1.807) is 4.68 Å². The van der Waals surface area contributed by atoms with E-state index in [-0.39, 0.29) is 5.92 Å². The molecule has 0 unspecified atom stereocenters. The lowest BCUT2D eigenvalue weighted by Gasteiger charge is -2.10. The molecule has 5 heteroatoms. The molecule has 0 saturated heterocycles. The normalized spacial score (nSPS) is 10.9. The van der Waals surface area contributed by atoms with Gasteiger partial charge in [0.15, 0.2) is 6.29 Å². The van der Waals surface area contributed by atoms with Gasteiger partial charge in [0.05, 0.1) is 12.3 Å². The van der Waals surface area contributed by atoms with Crippen LogP contribution in [-0.2, 0) is 6.54 Å². The lowest BCUT2D eigenvalue weighted by Crippen LogP contribution is -2.10. The van der Waals surface area contributed by atoms with E-state index in [0.29, 0.717) is 18.8 Å². The van der Waals surface area contributed by atoms with Crippen LogP contribution in [0.5, 0.6) is 5.75 Å². The van der Waals surface area contributed by atoms with Gasteiger partial charge in [0.25, 0.3) is 0 Å². The zero-order valence-electron chi connectivity index (χ0n) is 12.7. The van der Waals surface area contributed by atoms with Crippen LogP contribution in [0.4, 0.5) is 0 Å². The predicted molar refractivity (Wildman–Crippen MR) is 80.8 cm³/mol. The van der Waals surface area contributed by atoms with Crippen molar-refractivity contribution < 1.29 is 9.53 Å². The van der Waals surface area contributed by atoms with Crippen molar-refractivity contribution in [2.75, 3.05) is 6.61 Å². The summed E-state index contributed by atoms with van der Waals surface area (Å²) in [6.45, 7) is 7.42. The minimum Gasteiger partial charge on any atom is -0.494 e. The molecule has 0 aliphatic heterocycles. The van der Waals surface area contributed by atoms with Crippen LogP contribution in [0.2, 0.25) is 0 Å². The molecular weight excluding hydrogens is 266 g/mol. The number of rotatable bonds is 7. The quantitative estimate of drug-likeness (QED) is 0.580.